The van der Waals surface area contributed by atoms with Crippen molar-refractivity contribution in [3.05, 3.63) is 30.1 Å². The van der Waals surface area contributed by atoms with Crippen LogP contribution in [-0.2, 0) is 16.1 Å². The summed E-state index contributed by atoms with van der Waals surface area (Å²) in [5, 5.41) is 9.34. The number of carboxylic acid groups (broad SMARTS) is 1. The standard InChI is InChI=1S/C16H22N2O3/c1-3-11-7-13(14(8-11)16(20)21)15(19)18(2)10-12-5-4-6-17-9-12/h4-6,9,11,13-14H,3,7-8,10H2,1-2H3,(H,20,21)/t11?,13-,14+/m0/s1. The van der Waals surface area contributed by atoms with Gasteiger partial charge in [0.15, 0.2) is 0 Å². The number of carbonyl (C=O) groups excluding carboxylic acids is 1. The van der Waals surface area contributed by atoms with Crippen molar-refractivity contribution in [2.75, 3.05) is 7.05 Å². The van der Waals surface area contributed by atoms with Gasteiger partial charge in [-0.25, -0.2) is 0 Å². The molecule has 21 heavy (non-hydrogen) atoms. The zero-order chi connectivity index (χ0) is 15.4. The lowest BCUT2D eigenvalue weighted by Gasteiger charge is -2.23. The molecule has 3 atom stereocenters. The summed E-state index contributed by atoms with van der Waals surface area (Å²) in [5.41, 5.74) is 0.949. The summed E-state index contributed by atoms with van der Waals surface area (Å²) in [5.74, 6) is -1.51. The van der Waals surface area contributed by atoms with Crippen LogP contribution in [0.2, 0.25) is 0 Å². The Kier molecular flexibility index (Phi) is 4.94. The maximum Gasteiger partial charge on any atom is 0.307 e. The minimum atomic E-state index is -0.848. The lowest BCUT2D eigenvalue weighted by Crippen LogP contribution is -2.36. The summed E-state index contributed by atoms with van der Waals surface area (Å²) in [7, 11) is 1.73. The number of pyridine rings is 1. The Labute approximate surface area is 125 Å². The predicted molar refractivity (Wildman–Crippen MR) is 78.3 cm³/mol. The third-order valence-corrected chi connectivity index (χ3v) is 4.39. The fraction of sp³-hybridized carbons (Fsp3) is 0.562. The van der Waals surface area contributed by atoms with Crippen LogP contribution < -0.4 is 0 Å². The van der Waals surface area contributed by atoms with E-state index in [9.17, 15) is 14.7 Å². The minimum absolute atomic E-state index is 0.0674. The van der Waals surface area contributed by atoms with E-state index in [2.05, 4.69) is 11.9 Å². The molecule has 0 spiro atoms. The molecule has 0 radical (unpaired) electrons. The normalized spacial score (nSPS) is 24.8. The number of aliphatic carboxylic acids is 1. The molecular weight excluding hydrogens is 268 g/mol. The van der Waals surface area contributed by atoms with Crippen molar-refractivity contribution in [1.29, 1.82) is 0 Å². The van der Waals surface area contributed by atoms with Crippen LogP contribution in [0.25, 0.3) is 0 Å². The summed E-state index contributed by atoms with van der Waals surface area (Å²) >= 11 is 0. The highest BCUT2D eigenvalue weighted by Gasteiger charge is 2.43. The highest BCUT2D eigenvalue weighted by molar-refractivity contribution is 5.85. The largest absolute Gasteiger partial charge is 0.481 e. The molecule has 0 aliphatic heterocycles. The average Bonchev–Trinajstić information content (AvgIpc) is 2.92. The summed E-state index contributed by atoms with van der Waals surface area (Å²) in [6.07, 6.45) is 5.64. The second-order valence-electron chi connectivity index (χ2n) is 5.85. The summed E-state index contributed by atoms with van der Waals surface area (Å²) in [4.78, 5) is 29.6. The highest BCUT2D eigenvalue weighted by Crippen LogP contribution is 2.39. The molecular formula is C16H22N2O3. The van der Waals surface area contributed by atoms with Gasteiger partial charge < -0.3 is 10.0 Å². The SMILES string of the molecule is CCC1C[C@H](C(=O)N(C)Cc2cccnc2)[C@H](C(=O)O)C1. The first-order valence-corrected chi connectivity index (χ1v) is 7.39. The molecule has 1 heterocycles. The zero-order valence-electron chi connectivity index (χ0n) is 12.5. The van der Waals surface area contributed by atoms with E-state index in [4.69, 9.17) is 0 Å². The molecule has 0 aromatic carbocycles. The van der Waals surface area contributed by atoms with E-state index < -0.39 is 17.8 Å². The van der Waals surface area contributed by atoms with E-state index in [0.29, 0.717) is 25.3 Å². The Morgan fingerprint density at radius 2 is 2.10 bits per heavy atom. The second-order valence-corrected chi connectivity index (χ2v) is 5.85. The molecule has 5 nitrogen and oxygen atoms in total. The number of rotatable bonds is 5. The van der Waals surface area contributed by atoms with E-state index in [1.54, 1.807) is 24.3 Å². The molecule has 1 unspecified atom stereocenters. The molecule has 1 N–H and O–H groups in total. The van der Waals surface area contributed by atoms with Crippen molar-refractivity contribution < 1.29 is 14.7 Å². The zero-order valence-corrected chi connectivity index (χ0v) is 12.5. The van der Waals surface area contributed by atoms with Gasteiger partial charge in [0.2, 0.25) is 5.91 Å². The maximum atomic E-state index is 12.6. The summed E-state index contributed by atoms with van der Waals surface area (Å²) in [6.45, 7) is 2.52. The van der Waals surface area contributed by atoms with Gasteiger partial charge in [-0.2, -0.15) is 0 Å². The Morgan fingerprint density at radius 3 is 2.67 bits per heavy atom. The lowest BCUT2D eigenvalue weighted by molar-refractivity contribution is -0.148. The van der Waals surface area contributed by atoms with E-state index in [0.717, 1.165) is 12.0 Å². The number of carbonyl (C=O) groups is 2. The Balaban J connectivity index is 2.05. The van der Waals surface area contributed by atoms with Crippen LogP contribution in [0.4, 0.5) is 0 Å². The van der Waals surface area contributed by atoms with Crippen molar-refractivity contribution >= 4 is 11.9 Å². The molecule has 1 aliphatic rings. The molecule has 0 bridgehead atoms. The van der Waals surface area contributed by atoms with E-state index in [1.807, 2.05) is 12.1 Å². The topological polar surface area (TPSA) is 70.5 Å². The second kappa shape index (κ2) is 6.70. The van der Waals surface area contributed by atoms with Crippen LogP contribution in [0.5, 0.6) is 0 Å². The van der Waals surface area contributed by atoms with E-state index in [1.165, 1.54) is 0 Å². The fourth-order valence-electron chi connectivity index (χ4n) is 3.15. The summed E-state index contributed by atoms with van der Waals surface area (Å²) in [6, 6.07) is 3.74. The Bertz CT molecular complexity index is 504. The van der Waals surface area contributed by atoms with Gasteiger partial charge in [0.1, 0.15) is 0 Å². The van der Waals surface area contributed by atoms with Crippen molar-refractivity contribution in [2.24, 2.45) is 17.8 Å². The third kappa shape index (κ3) is 3.60. The van der Waals surface area contributed by atoms with Crippen molar-refractivity contribution in [3.8, 4) is 0 Å². The van der Waals surface area contributed by atoms with E-state index >= 15 is 0 Å². The van der Waals surface area contributed by atoms with Crippen molar-refractivity contribution in [1.82, 2.24) is 9.88 Å². The number of aromatic nitrogens is 1. The first-order chi connectivity index (χ1) is 10.0. The quantitative estimate of drug-likeness (QED) is 0.902. The number of carboxylic acids is 1. The number of nitrogens with zero attached hydrogens (tertiary/aromatic N) is 2. The first-order valence-electron chi connectivity index (χ1n) is 7.39. The number of hydrogen-bond acceptors (Lipinski definition) is 3. The van der Waals surface area contributed by atoms with Crippen LogP contribution in [-0.4, -0.2) is 33.9 Å². The molecule has 1 amide bonds. The van der Waals surface area contributed by atoms with Gasteiger partial charge in [0.25, 0.3) is 0 Å². The van der Waals surface area contributed by atoms with Gasteiger partial charge in [0.05, 0.1) is 11.8 Å². The van der Waals surface area contributed by atoms with Crippen LogP contribution in [0.1, 0.15) is 31.7 Å². The van der Waals surface area contributed by atoms with Crippen molar-refractivity contribution in [2.45, 2.75) is 32.7 Å². The van der Waals surface area contributed by atoms with Crippen LogP contribution in [0.3, 0.4) is 0 Å². The highest BCUT2D eigenvalue weighted by atomic mass is 16.4. The molecule has 114 valence electrons. The van der Waals surface area contributed by atoms with Gasteiger partial charge in [-0.15, -0.1) is 0 Å². The molecule has 1 saturated carbocycles. The molecule has 1 aromatic heterocycles. The van der Waals surface area contributed by atoms with Gasteiger partial charge in [-0.3, -0.25) is 14.6 Å². The first kappa shape index (κ1) is 15.5. The van der Waals surface area contributed by atoms with Crippen LogP contribution in [0.15, 0.2) is 24.5 Å². The average molecular weight is 290 g/mol. The van der Waals surface area contributed by atoms with Gasteiger partial charge in [-0.05, 0) is 30.4 Å². The monoisotopic (exact) mass is 290 g/mol. The smallest absolute Gasteiger partial charge is 0.307 e. The third-order valence-electron chi connectivity index (χ3n) is 4.39. The fourth-order valence-corrected chi connectivity index (χ4v) is 3.15. The molecule has 1 aromatic rings. The summed E-state index contributed by atoms with van der Waals surface area (Å²) < 4.78 is 0. The number of hydrogen-bond donors (Lipinski definition) is 1. The molecule has 1 aliphatic carbocycles. The van der Waals surface area contributed by atoms with Gasteiger partial charge in [-0.1, -0.05) is 19.4 Å². The van der Waals surface area contributed by atoms with Gasteiger partial charge in [0, 0.05) is 26.0 Å². The van der Waals surface area contributed by atoms with Crippen LogP contribution >= 0.6 is 0 Å². The molecule has 0 saturated heterocycles. The van der Waals surface area contributed by atoms with Gasteiger partial charge >= 0.3 is 5.97 Å². The van der Waals surface area contributed by atoms with Crippen LogP contribution in [0, 0.1) is 17.8 Å². The lowest BCUT2D eigenvalue weighted by atomic mass is 9.95. The molecule has 1 fully saturated rings. The maximum absolute atomic E-state index is 12.6. The predicted octanol–water partition coefficient (Wildman–Crippen LogP) is 2.18. The van der Waals surface area contributed by atoms with Crippen molar-refractivity contribution in [3.63, 3.8) is 0 Å². The Hall–Kier alpha value is -1.91. The molecule has 5 heteroatoms. The Morgan fingerprint density at radius 1 is 1.38 bits per heavy atom. The minimum Gasteiger partial charge on any atom is -0.481 e. The van der Waals surface area contributed by atoms with E-state index in [-0.39, 0.29) is 5.91 Å². The number of amides is 1. The molecule has 2 rings (SSSR count).